The molecule has 1 nitrogen and oxygen atoms in total. The van der Waals surface area contributed by atoms with Crippen molar-refractivity contribution in [3.05, 3.63) is 12.2 Å². The minimum absolute atomic E-state index is 0.552. The maximum Gasteiger partial charge on any atom is 0.0530 e. The molecule has 0 spiro atoms. The third-order valence-electron chi connectivity index (χ3n) is 2.51. The van der Waals surface area contributed by atoms with Gasteiger partial charge in [-0.15, -0.1) is 0 Å². The standard InChI is InChI=1S/C12H26OSi/c1-7-12(11(2)3)10-13-8-9-14(4,5)6/h12H,2,7-10H2,1,3-6H3. The Balaban J connectivity index is 3.58. The number of hydrogen-bond acceptors (Lipinski definition) is 1. The number of ether oxygens (including phenoxy) is 1. The normalized spacial score (nSPS) is 14.1. The largest absolute Gasteiger partial charge is 0.381 e. The molecule has 0 rings (SSSR count). The molecule has 14 heavy (non-hydrogen) atoms. The average Bonchev–Trinajstić information content (AvgIpc) is 2.01. The van der Waals surface area contributed by atoms with Crippen LogP contribution in [0.3, 0.4) is 0 Å². The van der Waals surface area contributed by atoms with Crippen molar-refractivity contribution >= 4 is 8.07 Å². The summed E-state index contributed by atoms with van der Waals surface area (Å²) in [5.74, 6) is 0.552. The Hall–Kier alpha value is -0.0831. The SMILES string of the molecule is C=C(C)C(CC)COCC[Si](C)(C)C. The Morgan fingerprint density at radius 1 is 1.36 bits per heavy atom. The highest BCUT2D eigenvalue weighted by molar-refractivity contribution is 6.76. The van der Waals surface area contributed by atoms with E-state index in [1.165, 1.54) is 11.6 Å². The van der Waals surface area contributed by atoms with Crippen LogP contribution in [0, 0.1) is 5.92 Å². The minimum atomic E-state index is -0.914. The Bertz CT molecular complexity index is 170. The lowest BCUT2D eigenvalue weighted by Gasteiger charge is -2.18. The van der Waals surface area contributed by atoms with Crippen LogP contribution in [0.4, 0.5) is 0 Å². The van der Waals surface area contributed by atoms with E-state index in [1.807, 2.05) is 0 Å². The van der Waals surface area contributed by atoms with Gasteiger partial charge in [-0.2, -0.15) is 0 Å². The average molecular weight is 214 g/mol. The Morgan fingerprint density at radius 3 is 2.29 bits per heavy atom. The molecule has 0 heterocycles. The van der Waals surface area contributed by atoms with Crippen LogP contribution in [-0.2, 0) is 4.74 Å². The lowest BCUT2D eigenvalue weighted by molar-refractivity contribution is 0.119. The van der Waals surface area contributed by atoms with Gasteiger partial charge in [-0.1, -0.05) is 38.7 Å². The van der Waals surface area contributed by atoms with Crippen molar-refractivity contribution in [3.63, 3.8) is 0 Å². The van der Waals surface area contributed by atoms with Gasteiger partial charge < -0.3 is 4.74 Å². The van der Waals surface area contributed by atoms with Gasteiger partial charge in [-0.05, 0) is 19.4 Å². The molecule has 0 aromatic heterocycles. The molecule has 0 aromatic rings. The van der Waals surface area contributed by atoms with Crippen LogP contribution < -0.4 is 0 Å². The minimum Gasteiger partial charge on any atom is -0.381 e. The fraction of sp³-hybridized carbons (Fsp3) is 0.833. The second kappa shape index (κ2) is 6.41. The van der Waals surface area contributed by atoms with E-state index in [1.54, 1.807) is 0 Å². The molecule has 0 aliphatic heterocycles. The van der Waals surface area contributed by atoms with Gasteiger partial charge in [0, 0.05) is 20.6 Å². The Kier molecular flexibility index (Phi) is 6.37. The van der Waals surface area contributed by atoms with Gasteiger partial charge in [0.15, 0.2) is 0 Å². The first-order valence-corrected chi connectivity index (χ1v) is 9.30. The molecule has 0 N–H and O–H groups in total. The molecule has 84 valence electrons. The van der Waals surface area contributed by atoms with Crippen molar-refractivity contribution in [2.45, 2.75) is 46.0 Å². The summed E-state index contributed by atoms with van der Waals surface area (Å²) < 4.78 is 5.70. The lowest BCUT2D eigenvalue weighted by Crippen LogP contribution is -2.22. The van der Waals surface area contributed by atoms with E-state index in [9.17, 15) is 0 Å². The highest BCUT2D eigenvalue weighted by atomic mass is 28.3. The predicted octanol–water partition coefficient (Wildman–Crippen LogP) is 3.94. The maximum atomic E-state index is 5.70. The Morgan fingerprint density at radius 2 is 1.93 bits per heavy atom. The summed E-state index contributed by atoms with van der Waals surface area (Å²) in [6.07, 6.45) is 1.14. The zero-order chi connectivity index (χ0) is 11.2. The molecule has 1 atom stereocenters. The van der Waals surface area contributed by atoms with Crippen molar-refractivity contribution < 1.29 is 4.74 Å². The van der Waals surface area contributed by atoms with E-state index in [2.05, 4.69) is 40.1 Å². The molecule has 0 saturated heterocycles. The third-order valence-corrected chi connectivity index (χ3v) is 4.21. The van der Waals surface area contributed by atoms with Crippen molar-refractivity contribution in [1.29, 1.82) is 0 Å². The van der Waals surface area contributed by atoms with Crippen molar-refractivity contribution in [3.8, 4) is 0 Å². The van der Waals surface area contributed by atoms with Crippen LogP contribution in [0.5, 0.6) is 0 Å². The molecule has 0 aliphatic carbocycles. The third kappa shape index (κ3) is 7.33. The smallest absolute Gasteiger partial charge is 0.0530 e. The van der Waals surface area contributed by atoms with Crippen molar-refractivity contribution in [1.82, 2.24) is 0 Å². The number of hydrogen-bond donors (Lipinski definition) is 0. The summed E-state index contributed by atoms with van der Waals surface area (Å²) in [6.45, 7) is 17.2. The zero-order valence-electron chi connectivity index (χ0n) is 10.5. The van der Waals surface area contributed by atoms with Gasteiger partial charge in [-0.3, -0.25) is 0 Å². The Labute approximate surface area is 90.6 Å². The molecule has 0 bridgehead atoms. The summed E-state index contributed by atoms with van der Waals surface area (Å²) >= 11 is 0. The molecule has 2 heteroatoms. The van der Waals surface area contributed by atoms with E-state index >= 15 is 0 Å². The van der Waals surface area contributed by atoms with Crippen LogP contribution in [0.1, 0.15) is 20.3 Å². The topological polar surface area (TPSA) is 9.23 Å². The predicted molar refractivity (Wildman–Crippen MR) is 67.6 cm³/mol. The van der Waals surface area contributed by atoms with E-state index < -0.39 is 8.07 Å². The summed E-state index contributed by atoms with van der Waals surface area (Å²) in [6, 6.07) is 1.26. The monoisotopic (exact) mass is 214 g/mol. The van der Waals surface area contributed by atoms with Crippen LogP contribution >= 0.6 is 0 Å². The van der Waals surface area contributed by atoms with Gasteiger partial charge in [0.2, 0.25) is 0 Å². The van der Waals surface area contributed by atoms with E-state index in [0.29, 0.717) is 5.92 Å². The molecule has 0 aromatic carbocycles. The van der Waals surface area contributed by atoms with Gasteiger partial charge in [-0.25, -0.2) is 0 Å². The zero-order valence-corrected chi connectivity index (χ0v) is 11.5. The van der Waals surface area contributed by atoms with Gasteiger partial charge in [0.1, 0.15) is 0 Å². The summed E-state index contributed by atoms with van der Waals surface area (Å²) in [4.78, 5) is 0. The maximum absolute atomic E-state index is 5.70. The molecule has 0 aliphatic rings. The van der Waals surface area contributed by atoms with Gasteiger partial charge in [0.05, 0.1) is 6.61 Å². The molecular weight excluding hydrogens is 188 g/mol. The van der Waals surface area contributed by atoms with Gasteiger partial charge in [0.25, 0.3) is 0 Å². The van der Waals surface area contributed by atoms with E-state index in [-0.39, 0.29) is 0 Å². The highest BCUT2D eigenvalue weighted by Gasteiger charge is 2.13. The quantitative estimate of drug-likeness (QED) is 0.354. The van der Waals surface area contributed by atoms with Gasteiger partial charge >= 0.3 is 0 Å². The lowest BCUT2D eigenvalue weighted by atomic mass is 10.0. The van der Waals surface area contributed by atoms with Crippen molar-refractivity contribution in [2.75, 3.05) is 13.2 Å². The molecular formula is C12H26OSi. The van der Waals surface area contributed by atoms with E-state index in [4.69, 9.17) is 4.74 Å². The second-order valence-electron chi connectivity index (χ2n) is 5.34. The van der Waals surface area contributed by atoms with E-state index in [0.717, 1.165) is 19.6 Å². The molecule has 1 unspecified atom stereocenters. The van der Waals surface area contributed by atoms with Crippen LogP contribution in [-0.4, -0.2) is 21.3 Å². The molecule has 0 saturated carbocycles. The van der Waals surface area contributed by atoms with Crippen LogP contribution in [0.2, 0.25) is 25.7 Å². The molecule has 0 fully saturated rings. The molecule has 0 radical (unpaired) electrons. The molecule has 0 amide bonds. The summed E-state index contributed by atoms with van der Waals surface area (Å²) in [5, 5.41) is 0. The first kappa shape index (κ1) is 13.9. The fourth-order valence-corrected chi connectivity index (χ4v) is 1.97. The number of rotatable bonds is 7. The van der Waals surface area contributed by atoms with Crippen LogP contribution in [0.15, 0.2) is 12.2 Å². The van der Waals surface area contributed by atoms with Crippen LogP contribution in [0.25, 0.3) is 0 Å². The second-order valence-corrected chi connectivity index (χ2v) is 11.0. The summed E-state index contributed by atoms with van der Waals surface area (Å²) in [7, 11) is -0.914. The summed E-state index contributed by atoms with van der Waals surface area (Å²) in [5.41, 5.74) is 1.25. The highest BCUT2D eigenvalue weighted by Crippen LogP contribution is 2.14. The first-order valence-electron chi connectivity index (χ1n) is 5.60. The first-order chi connectivity index (χ1) is 6.37. The van der Waals surface area contributed by atoms with Crippen molar-refractivity contribution in [2.24, 2.45) is 5.92 Å². The fourth-order valence-electron chi connectivity index (χ4n) is 1.21.